The lowest BCUT2D eigenvalue weighted by atomic mass is 9.83. The van der Waals surface area contributed by atoms with Gasteiger partial charge in [0.15, 0.2) is 5.78 Å². The summed E-state index contributed by atoms with van der Waals surface area (Å²) in [4.78, 5) is 15.5. The van der Waals surface area contributed by atoms with Crippen molar-refractivity contribution in [3.63, 3.8) is 0 Å². The number of rotatable bonds is 4. The van der Waals surface area contributed by atoms with Crippen LogP contribution in [0, 0.1) is 13.8 Å². The molecule has 1 aliphatic rings. The second kappa shape index (κ2) is 6.09. The summed E-state index contributed by atoms with van der Waals surface area (Å²) in [5, 5.41) is 0. The molecular weight excluding hydrogens is 246 g/mol. The largest absolute Gasteiger partial charge is 0.292 e. The Labute approximate surface area is 123 Å². The zero-order valence-corrected chi connectivity index (χ0v) is 13.3. The Bertz CT molecular complexity index is 488. The van der Waals surface area contributed by atoms with E-state index in [4.69, 9.17) is 0 Å². The van der Waals surface area contributed by atoms with Gasteiger partial charge in [-0.2, -0.15) is 0 Å². The molecule has 1 saturated heterocycles. The number of nitrogens with zero attached hydrogens (tertiary/aromatic N) is 1. The van der Waals surface area contributed by atoms with Gasteiger partial charge in [0.05, 0.1) is 5.54 Å². The summed E-state index contributed by atoms with van der Waals surface area (Å²) in [7, 11) is 0. The Morgan fingerprint density at radius 1 is 1.20 bits per heavy atom. The highest BCUT2D eigenvalue weighted by atomic mass is 16.1. The lowest BCUT2D eigenvalue weighted by Crippen LogP contribution is -2.54. The number of benzene rings is 1. The van der Waals surface area contributed by atoms with Crippen molar-refractivity contribution in [1.29, 1.82) is 0 Å². The van der Waals surface area contributed by atoms with Crippen LogP contribution in [0.2, 0.25) is 0 Å². The lowest BCUT2D eigenvalue weighted by Gasteiger charge is -2.42. The second-order valence-corrected chi connectivity index (χ2v) is 6.32. The summed E-state index contributed by atoms with van der Waals surface area (Å²) < 4.78 is 0. The number of hydrogen-bond acceptors (Lipinski definition) is 2. The topological polar surface area (TPSA) is 20.3 Å². The van der Waals surface area contributed by atoms with E-state index in [1.807, 2.05) is 6.92 Å². The average Bonchev–Trinajstić information content (AvgIpc) is 2.49. The number of carbonyl (C=O) groups excluding carboxylic acids is 1. The molecule has 1 heterocycles. The molecule has 0 N–H and O–H groups in total. The van der Waals surface area contributed by atoms with Crippen LogP contribution in [0.5, 0.6) is 0 Å². The molecule has 0 radical (unpaired) electrons. The molecule has 0 amide bonds. The second-order valence-electron chi connectivity index (χ2n) is 6.32. The van der Waals surface area contributed by atoms with Crippen LogP contribution < -0.4 is 0 Å². The fourth-order valence-electron chi connectivity index (χ4n) is 3.19. The molecule has 0 bridgehead atoms. The lowest BCUT2D eigenvalue weighted by molar-refractivity contribution is 0.0505. The Morgan fingerprint density at radius 3 is 2.45 bits per heavy atom. The van der Waals surface area contributed by atoms with E-state index in [1.165, 1.54) is 19.3 Å². The molecule has 0 spiro atoms. The third kappa shape index (κ3) is 2.80. The summed E-state index contributed by atoms with van der Waals surface area (Å²) in [6.45, 7) is 10.5. The predicted octanol–water partition coefficient (Wildman–Crippen LogP) is 4.14. The Balaban J connectivity index is 2.34. The summed E-state index contributed by atoms with van der Waals surface area (Å²) >= 11 is 0. The summed E-state index contributed by atoms with van der Waals surface area (Å²) in [5.74, 6) is 0.295. The van der Waals surface area contributed by atoms with E-state index in [0.29, 0.717) is 5.78 Å². The van der Waals surface area contributed by atoms with E-state index >= 15 is 0 Å². The molecule has 1 unspecified atom stereocenters. The third-order valence-electron chi connectivity index (χ3n) is 4.87. The Hall–Kier alpha value is -1.15. The van der Waals surface area contributed by atoms with Gasteiger partial charge in [-0.05, 0) is 64.8 Å². The van der Waals surface area contributed by atoms with Gasteiger partial charge in [-0.15, -0.1) is 0 Å². The molecule has 1 fully saturated rings. The fraction of sp³-hybridized carbons (Fsp3) is 0.611. The van der Waals surface area contributed by atoms with Crippen molar-refractivity contribution in [2.24, 2.45) is 0 Å². The zero-order chi connectivity index (χ0) is 14.8. The summed E-state index contributed by atoms with van der Waals surface area (Å²) in [6, 6.07) is 6.20. The molecule has 1 atom stereocenters. The molecular formula is C18H27NO. The van der Waals surface area contributed by atoms with Crippen LogP contribution in [0.3, 0.4) is 0 Å². The number of piperidine rings is 1. The van der Waals surface area contributed by atoms with Crippen LogP contribution in [0.1, 0.15) is 61.0 Å². The van der Waals surface area contributed by atoms with E-state index < -0.39 is 0 Å². The van der Waals surface area contributed by atoms with E-state index in [2.05, 4.69) is 43.9 Å². The first-order valence-corrected chi connectivity index (χ1v) is 7.86. The molecule has 1 aromatic rings. The number of carbonyl (C=O) groups is 1. The number of Topliss-reactive ketones (excluding diaryl/α,β-unsaturated/α-hetero) is 1. The van der Waals surface area contributed by atoms with Crippen molar-refractivity contribution in [2.45, 2.75) is 58.9 Å². The average molecular weight is 273 g/mol. The molecule has 1 aromatic carbocycles. The molecule has 0 aliphatic carbocycles. The van der Waals surface area contributed by atoms with Crippen molar-refractivity contribution < 1.29 is 4.79 Å². The summed E-state index contributed by atoms with van der Waals surface area (Å²) in [6.07, 6.45) is 4.61. The number of likely N-dealkylation sites (tertiary alicyclic amines) is 1. The van der Waals surface area contributed by atoms with Crippen molar-refractivity contribution in [1.82, 2.24) is 4.90 Å². The van der Waals surface area contributed by atoms with Crippen molar-refractivity contribution in [3.05, 3.63) is 34.9 Å². The van der Waals surface area contributed by atoms with E-state index in [-0.39, 0.29) is 5.54 Å². The SMILES string of the molecule is CCC(C)(C(=O)c1cc(C)ccc1C)N1CCCCC1. The van der Waals surface area contributed by atoms with Gasteiger partial charge in [0.2, 0.25) is 0 Å². The van der Waals surface area contributed by atoms with Crippen LogP contribution in [0.4, 0.5) is 0 Å². The molecule has 20 heavy (non-hydrogen) atoms. The minimum Gasteiger partial charge on any atom is -0.292 e. The van der Waals surface area contributed by atoms with Crippen molar-refractivity contribution >= 4 is 5.78 Å². The number of hydrogen-bond donors (Lipinski definition) is 0. The Morgan fingerprint density at radius 2 is 1.85 bits per heavy atom. The van der Waals surface area contributed by atoms with E-state index in [1.54, 1.807) is 0 Å². The smallest absolute Gasteiger partial charge is 0.183 e. The van der Waals surface area contributed by atoms with Crippen LogP contribution in [-0.4, -0.2) is 29.3 Å². The molecule has 110 valence electrons. The van der Waals surface area contributed by atoms with Gasteiger partial charge < -0.3 is 0 Å². The Kier molecular flexibility index (Phi) is 4.64. The predicted molar refractivity (Wildman–Crippen MR) is 84.4 cm³/mol. The third-order valence-corrected chi connectivity index (χ3v) is 4.87. The standard InChI is InChI=1S/C18H27NO/c1-5-18(4,19-11-7-6-8-12-19)17(20)16-13-14(2)9-10-15(16)3/h9-10,13H,5-8,11-12H2,1-4H3. The maximum Gasteiger partial charge on any atom is 0.183 e. The first-order chi connectivity index (χ1) is 9.49. The minimum atomic E-state index is -0.348. The first-order valence-electron chi connectivity index (χ1n) is 7.86. The number of ketones is 1. The zero-order valence-electron chi connectivity index (χ0n) is 13.3. The maximum absolute atomic E-state index is 13.1. The first kappa shape index (κ1) is 15.2. The normalized spacial score (nSPS) is 19.6. The molecule has 0 saturated carbocycles. The highest BCUT2D eigenvalue weighted by Gasteiger charge is 2.38. The van der Waals surface area contributed by atoms with Crippen LogP contribution >= 0.6 is 0 Å². The maximum atomic E-state index is 13.1. The molecule has 2 heteroatoms. The van der Waals surface area contributed by atoms with Gasteiger partial charge in [-0.1, -0.05) is 31.0 Å². The van der Waals surface area contributed by atoms with Crippen LogP contribution in [0.25, 0.3) is 0 Å². The van der Waals surface area contributed by atoms with Crippen molar-refractivity contribution in [2.75, 3.05) is 13.1 Å². The summed E-state index contributed by atoms with van der Waals surface area (Å²) in [5.41, 5.74) is 2.81. The van der Waals surface area contributed by atoms with Crippen LogP contribution in [0.15, 0.2) is 18.2 Å². The monoisotopic (exact) mass is 273 g/mol. The quantitative estimate of drug-likeness (QED) is 0.768. The van der Waals surface area contributed by atoms with Gasteiger partial charge in [0.1, 0.15) is 0 Å². The number of aryl methyl sites for hydroxylation is 2. The van der Waals surface area contributed by atoms with Gasteiger partial charge in [0.25, 0.3) is 0 Å². The minimum absolute atomic E-state index is 0.295. The van der Waals surface area contributed by atoms with Crippen molar-refractivity contribution in [3.8, 4) is 0 Å². The van der Waals surface area contributed by atoms with Gasteiger partial charge >= 0.3 is 0 Å². The molecule has 0 aromatic heterocycles. The van der Waals surface area contributed by atoms with Crippen LogP contribution in [-0.2, 0) is 0 Å². The molecule has 1 aliphatic heterocycles. The van der Waals surface area contributed by atoms with E-state index in [9.17, 15) is 4.79 Å². The van der Waals surface area contributed by atoms with E-state index in [0.717, 1.165) is 36.2 Å². The van der Waals surface area contributed by atoms with Gasteiger partial charge in [-0.25, -0.2) is 0 Å². The fourth-order valence-corrected chi connectivity index (χ4v) is 3.19. The van der Waals surface area contributed by atoms with Gasteiger partial charge in [-0.3, -0.25) is 9.69 Å². The van der Waals surface area contributed by atoms with Gasteiger partial charge in [0, 0.05) is 5.56 Å². The molecule has 2 nitrogen and oxygen atoms in total. The molecule has 2 rings (SSSR count). The highest BCUT2D eigenvalue weighted by molar-refractivity contribution is 6.04. The highest BCUT2D eigenvalue weighted by Crippen LogP contribution is 2.29.